The molecule has 2 unspecified atom stereocenters. The van der Waals surface area contributed by atoms with Gasteiger partial charge in [0.05, 0.1) is 17.7 Å². The minimum atomic E-state index is -0.528. The normalized spacial score (nSPS) is 21.7. The Kier molecular flexibility index (Phi) is 6.98. The van der Waals surface area contributed by atoms with Gasteiger partial charge in [-0.2, -0.15) is 0 Å². The van der Waals surface area contributed by atoms with Crippen LogP contribution in [0.2, 0.25) is 0 Å². The maximum absolute atomic E-state index is 14.0. The van der Waals surface area contributed by atoms with Gasteiger partial charge in [0.1, 0.15) is 11.6 Å². The number of aromatic amines is 1. The highest BCUT2D eigenvalue weighted by Crippen LogP contribution is 2.32. The number of aryl methyl sites for hydroxylation is 1. The number of morpholine rings is 1. The summed E-state index contributed by atoms with van der Waals surface area (Å²) in [5.74, 6) is -1.05. The van der Waals surface area contributed by atoms with E-state index < -0.39 is 11.6 Å². The van der Waals surface area contributed by atoms with Crippen LogP contribution >= 0.6 is 0 Å². The van der Waals surface area contributed by atoms with E-state index in [1.165, 1.54) is 23.0 Å². The minimum Gasteiger partial charge on any atom is -0.372 e. The number of piperazine rings is 1. The van der Waals surface area contributed by atoms with Crippen LogP contribution in [0.4, 0.5) is 20.2 Å². The van der Waals surface area contributed by atoms with Gasteiger partial charge in [-0.1, -0.05) is 6.07 Å². The van der Waals surface area contributed by atoms with Crippen molar-refractivity contribution in [1.29, 1.82) is 0 Å². The zero-order chi connectivity index (χ0) is 24.5. The molecule has 3 heterocycles. The summed E-state index contributed by atoms with van der Waals surface area (Å²) >= 11 is 0. The molecule has 0 spiro atoms. The second-order valence-electron chi connectivity index (χ2n) is 10.1. The van der Waals surface area contributed by atoms with Crippen molar-refractivity contribution in [2.24, 2.45) is 0 Å². The number of aromatic nitrogens is 1. The third-order valence-corrected chi connectivity index (χ3v) is 7.46. The Balaban J connectivity index is 1.16. The molecule has 2 aliphatic heterocycles. The van der Waals surface area contributed by atoms with Crippen LogP contribution in [-0.4, -0.2) is 67.9 Å². The number of halogens is 2. The Morgan fingerprint density at radius 2 is 1.66 bits per heavy atom. The number of H-pyrrole nitrogens is 1. The van der Waals surface area contributed by atoms with E-state index in [1.54, 1.807) is 0 Å². The predicted octanol–water partition coefficient (Wildman–Crippen LogP) is 5.12. The molecule has 1 aromatic heterocycles. The molecule has 0 bridgehead atoms. The van der Waals surface area contributed by atoms with Crippen molar-refractivity contribution >= 4 is 22.3 Å². The van der Waals surface area contributed by atoms with Crippen LogP contribution in [-0.2, 0) is 11.2 Å². The van der Waals surface area contributed by atoms with Gasteiger partial charge in [-0.05, 0) is 69.5 Å². The maximum atomic E-state index is 14.0. The van der Waals surface area contributed by atoms with Crippen LogP contribution in [0.15, 0.2) is 36.5 Å². The number of nitrogens with one attached hydrogen (secondary N) is 1. The molecule has 1 N–H and O–H groups in total. The third-order valence-electron chi connectivity index (χ3n) is 7.46. The number of nitrogens with zero attached hydrogens (tertiary/aromatic N) is 3. The Morgan fingerprint density at radius 1 is 0.971 bits per heavy atom. The molecule has 2 aliphatic rings. The first-order valence-electron chi connectivity index (χ1n) is 12.8. The van der Waals surface area contributed by atoms with Gasteiger partial charge in [0.25, 0.3) is 0 Å². The molecule has 5 nitrogen and oxygen atoms in total. The van der Waals surface area contributed by atoms with E-state index in [9.17, 15) is 8.78 Å². The lowest BCUT2D eigenvalue weighted by molar-refractivity contribution is -0.00524. The zero-order valence-corrected chi connectivity index (χ0v) is 21.0. The lowest BCUT2D eigenvalue weighted by Crippen LogP contribution is -2.47. The molecular weight excluding hydrogens is 446 g/mol. The van der Waals surface area contributed by atoms with Crippen LogP contribution in [0, 0.1) is 18.6 Å². The number of anilines is 2. The number of hydrogen-bond acceptors (Lipinski definition) is 4. The highest BCUT2D eigenvalue weighted by atomic mass is 19.1. The predicted molar refractivity (Wildman–Crippen MR) is 139 cm³/mol. The van der Waals surface area contributed by atoms with Crippen LogP contribution < -0.4 is 9.80 Å². The fourth-order valence-electron chi connectivity index (χ4n) is 5.79. The fraction of sp³-hybridized carbons (Fsp3) is 0.500. The lowest BCUT2D eigenvalue weighted by Gasteiger charge is -2.40. The summed E-state index contributed by atoms with van der Waals surface area (Å²) in [6.45, 7) is 13.4. The lowest BCUT2D eigenvalue weighted by atomic mass is 10.1. The Bertz CT molecular complexity index is 1160. The number of ether oxygens (including phenoxy) is 1. The highest BCUT2D eigenvalue weighted by Gasteiger charge is 2.25. The molecule has 2 atom stereocenters. The van der Waals surface area contributed by atoms with Crippen LogP contribution in [0.3, 0.4) is 0 Å². The monoisotopic (exact) mass is 482 g/mol. The van der Waals surface area contributed by atoms with E-state index in [-0.39, 0.29) is 12.2 Å². The summed E-state index contributed by atoms with van der Waals surface area (Å²) in [5, 5.41) is 0.659. The average molecular weight is 483 g/mol. The number of rotatable bonds is 6. The molecule has 0 aliphatic carbocycles. The van der Waals surface area contributed by atoms with Crippen molar-refractivity contribution in [2.45, 2.75) is 45.8 Å². The van der Waals surface area contributed by atoms with Crippen molar-refractivity contribution in [3.8, 4) is 0 Å². The van der Waals surface area contributed by atoms with Gasteiger partial charge in [0.2, 0.25) is 0 Å². The van der Waals surface area contributed by atoms with E-state index >= 15 is 0 Å². The average Bonchev–Trinajstić information content (AvgIpc) is 3.22. The van der Waals surface area contributed by atoms with Crippen molar-refractivity contribution in [2.75, 3.05) is 55.6 Å². The molecule has 7 heteroatoms. The largest absolute Gasteiger partial charge is 0.372 e. The molecule has 0 saturated carbocycles. The molecule has 0 amide bonds. The highest BCUT2D eigenvalue weighted by molar-refractivity contribution is 5.83. The summed E-state index contributed by atoms with van der Waals surface area (Å²) in [6.07, 6.45) is 4.07. The topological polar surface area (TPSA) is 34.7 Å². The summed E-state index contributed by atoms with van der Waals surface area (Å²) < 4.78 is 33.5. The summed E-state index contributed by atoms with van der Waals surface area (Å²) in [6, 6.07) is 9.03. The molecule has 2 fully saturated rings. The first-order valence-corrected chi connectivity index (χ1v) is 12.8. The molecular formula is C28H36F2N4O. The minimum absolute atomic E-state index is 0.243. The quantitative estimate of drug-likeness (QED) is 0.529. The van der Waals surface area contributed by atoms with Crippen molar-refractivity contribution in [1.82, 2.24) is 9.88 Å². The molecule has 2 aromatic carbocycles. The van der Waals surface area contributed by atoms with Gasteiger partial charge in [-0.25, -0.2) is 8.78 Å². The molecule has 2 saturated heterocycles. The zero-order valence-electron chi connectivity index (χ0n) is 21.0. The van der Waals surface area contributed by atoms with Gasteiger partial charge in [-0.15, -0.1) is 0 Å². The molecule has 0 radical (unpaired) electrons. The van der Waals surface area contributed by atoms with Crippen molar-refractivity contribution in [3.63, 3.8) is 0 Å². The standard InChI is InChI=1S/C28H36F2N4O/c1-19-17-34(18-20(2)35-19)27-8-4-7-26(21(27)3)33-12-10-32(11-13-33)9-5-6-22-16-31-28-24(22)14-23(29)15-25(28)30/h4,7-8,14-16,19-20,31H,5-6,9-13,17-18H2,1-3H3. The number of benzene rings is 2. The van der Waals surface area contributed by atoms with Gasteiger partial charge in [0.15, 0.2) is 0 Å². The summed E-state index contributed by atoms with van der Waals surface area (Å²) in [5.41, 5.74) is 5.38. The smallest absolute Gasteiger partial charge is 0.150 e. The van der Waals surface area contributed by atoms with Crippen LogP contribution in [0.5, 0.6) is 0 Å². The van der Waals surface area contributed by atoms with Gasteiger partial charge in [0, 0.05) is 68.3 Å². The number of fused-ring (bicyclic) bond motifs is 1. The molecule has 3 aromatic rings. The van der Waals surface area contributed by atoms with E-state index in [0.29, 0.717) is 10.9 Å². The second kappa shape index (κ2) is 10.2. The molecule has 5 rings (SSSR count). The van der Waals surface area contributed by atoms with E-state index in [2.05, 4.69) is 58.7 Å². The van der Waals surface area contributed by atoms with E-state index in [0.717, 1.165) is 70.3 Å². The van der Waals surface area contributed by atoms with Crippen molar-refractivity contribution < 1.29 is 13.5 Å². The third kappa shape index (κ3) is 5.16. The van der Waals surface area contributed by atoms with E-state index in [4.69, 9.17) is 4.74 Å². The van der Waals surface area contributed by atoms with Crippen LogP contribution in [0.25, 0.3) is 10.9 Å². The van der Waals surface area contributed by atoms with Gasteiger partial charge >= 0.3 is 0 Å². The Labute approximate surface area is 206 Å². The first kappa shape index (κ1) is 24.1. The van der Waals surface area contributed by atoms with Gasteiger partial charge in [-0.3, -0.25) is 4.90 Å². The molecule has 188 valence electrons. The Hall–Kier alpha value is -2.64. The maximum Gasteiger partial charge on any atom is 0.150 e. The summed E-state index contributed by atoms with van der Waals surface area (Å²) in [4.78, 5) is 10.4. The SMILES string of the molecule is Cc1c(N2CCN(CCCc3c[nH]c4c(F)cc(F)cc34)CC2)cccc1N1CC(C)OC(C)C1. The second-order valence-corrected chi connectivity index (χ2v) is 10.1. The molecule has 35 heavy (non-hydrogen) atoms. The van der Waals surface area contributed by atoms with E-state index in [1.807, 2.05) is 6.20 Å². The first-order chi connectivity index (χ1) is 16.9. The number of hydrogen-bond donors (Lipinski definition) is 1. The van der Waals surface area contributed by atoms with Gasteiger partial charge < -0.3 is 19.5 Å². The van der Waals surface area contributed by atoms with Crippen molar-refractivity contribution in [3.05, 3.63) is 59.3 Å². The Morgan fingerprint density at radius 3 is 2.37 bits per heavy atom. The summed E-state index contributed by atoms with van der Waals surface area (Å²) in [7, 11) is 0. The van der Waals surface area contributed by atoms with Crippen LogP contribution in [0.1, 0.15) is 31.4 Å². The fourth-order valence-corrected chi connectivity index (χ4v) is 5.79.